The van der Waals surface area contributed by atoms with Crippen LogP contribution in [0.25, 0.3) is 0 Å². The highest BCUT2D eigenvalue weighted by molar-refractivity contribution is 5.94. The lowest BCUT2D eigenvalue weighted by molar-refractivity contribution is -0.385. The van der Waals surface area contributed by atoms with Gasteiger partial charge in [-0.2, -0.15) is 15.2 Å². The molecule has 0 aliphatic rings. The van der Waals surface area contributed by atoms with Crippen LogP contribution in [0.2, 0.25) is 0 Å². The molecule has 45 heavy (non-hydrogen) atoms. The topological polar surface area (TPSA) is 210 Å². The standard InChI is InChI=1S/C29H31N7O9/c1-6-43-23(37)16-31-25-24(36(41)42)26(33-29(32-25)45-22-13-18(15-30)7-8-21(22)28(39)40)44-20-12-17(9-10-34(2)3)11-19(14-20)27(38)35(4)5/h7-8,11-14H,6,9-10,16H2,1-5H3,(H,39,40)(H,31,32,33). The van der Waals surface area contributed by atoms with Crippen molar-refractivity contribution in [3.8, 4) is 29.5 Å². The summed E-state index contributed by atoms with van der Waals surface area (Å²) in [6.45, 7) is 1.73. The van der Waals surface area contributed by atoms with Gasteiger partial charge in [0, 0.05) is 26.2 Å². The van der Waals surface area contributed by atoms with Gasteiger partial charge in [0.15, 0.2) is 0 Å². The van der Waals surface area contributed by atoms with Gasteiger partial charge in [0.05, 0.1) is 23.2 Å². The predicted octanol–water partition coefficient (Wildman–Crippen LogP) is 3.32. The Morgan fingerprint density at radius 2 is 1.82 bits per heavy atom. The number of hydrogen-bond donors (Lipinski definition) is 2. The normalized spacial score (nSPS) is 10.5. The van der Waals surface area contributed by atoms with Crippen molar-refractivity contribution in [1.29, 1.82) is 5.26 Å². The molecule has 3 rings (SSSR count). The average molecular weight is 622 g/mol. The number of esters is 1. The van der Waals surface area contributed by atoms with Crippen LogP contribution in [-0.2, 0) is 16.0 Å². The van der Waals surface area contributed by atoms with Crippen molar-refractivity contribution in [3.63, 3.8) is 0 Å². The number of carbonyl (C=O) groups is 3. The first-order valence-electron chi connectivity index (χ1n) is 13.4. The number of aromatic nitrogens is 2. The highest BCUT2D eigenvalue weighted by Gasteiger charge is 2.29. The Balaban J connectivity index is 2.20. The first-order valence-corrected chi connectivity index (χ1v) is 13.4. The molecule has 2 aromatic carbocycles. The van der Waals surface area contributed by atoms with Crippen LogP contribution in [0.3, 0.4) is 0 Å². The molecule has 3 aromatic rings. The summed E-state index contributed by atoms with van der Waals surface area (Å²) in [5, 5.41) is 33.7. The first-order chi connectivity index (χ1) is 21.3. The summed E-state index contributed by atoms with van der Waals surface area (Å²) in [4.78, 5) is 59.5. The molecule has 0 aliphatic carbocycles. The number of nitrogens with zero attached hydrogens (tertiary/aromatic N) is 6. The molecule has 16 heteroatoms. The second-order valence-corrected chi connectivity index (χ2v) is 9.87. The van der Waals surface area contributed by atoms with E-state index >= 15 is 0 Å². The van der Waals surface area contributed by atoms with E-state index in [0.717, 1.165) is 12.1 Å². The average Bonchev–Trinajstić information content (AvgIpc) is 2.98. The lowest BCUT2D eigenvalue weighted by atomic mass is 10.1. The van der Waals surface area contributed by atoms with Crippen LogP contribution in [0, 0.1) is 21.4 Å². The number of likely N-dealkylation sites (N-methyl/N-ethyl adjacent to an activating group) is 1. The van der Waals surface area contributed by atoms with Gasteiger partial charge < -0.3 is 34.4 Å². The number of carboxylic acid groups (broad SMARTS) is 1. The number of carboxylic acids is 1. The third-order valence-corrected chi connectivity index (χ3v) is 5.94. The molecule has 0 atom stereocenters. The number of amides is 1. The van der Waals surface area contributed by atoms with E-state index in [4.69, 9.17) is 14.2 Å². The molecule has 16 nitrogen and oxygen atoms in total. The van der Waals surface area contributed by atoms with Gasteiger partial charge >= 0.3 is 29.5 Å². The zero-order valence-corrected chi connectivity index (χ0v) is 25.2. The van der Waals surface area contributed by atoms with Crippen molar-refractivity contribution in [1.82, 2.24) is 19.8 Å². The van der Waals surface area contributed by atoms with Gasteiger partial charge in [0.1, 0.15) is 23.6 Å². The molecule has 1 aromatic heterocycles. The maximum Gasteiger partial charge on any atom is 0.373 e. The molecule has 0 radical (unpaired) electrons. The van der Waals surface area contributed by atoms with E-state index < -0.39 is 46.8 Å². The van der Waals surface area contributed by atoms with Gasteiger partial charge in [-0.25, -0.2) is 4.79 Å². The highest BCUT2D eigenvalue weighted by atomic mass is 16.6. The van der Waals surface area contributed by atoms with Gasteiger partial charge in [-0.05, 0) is 69.4 Å². The molecule has 0 unspecified atom stereocenters. The molecular weight excluding hydrogens is 590 g/mol. The zero-order valence-electron chi connectivity index (χ0n) is 25.2. The third-order valence-electron chi connectivity index (χ3n) is 5.94. The molecule has 236 valence electrons. The van der Waals surface area contributed by atoms with E-state index in [1.165, 1.54) is 17.0 Å². The first kappa shape index (κ1) is 33.7. The fraction of sp³-hybridized carbons (Fsp3) is 0.310. The van der Waals surface area contributed by atoms with Gasteiger partial charge in [-0.3, -0.25) is 19.7 Å². The number of benzene rings is 2. The van der Waals surface area contributed by atoms with Crippen LogP contribution >= 0.6 is 0 Å². The fourth-order valence-corrected chi connectivity index (χ4v) is 3.85. The minimum atomic E-state index is -1.39. The smallest absolute Gasteiger partial charge is 0.373 e. The van der Waals surface area contributed by atoms with Crippen molar-refractivity contribution >= 4 is 29.4 Å². The summed E-state index contributed by atoms with van der Waals surface area (Å²) >= 11 is 0. The summed E-state index contributed by atoms with van der Waals surface area (Å²) in [6.07, 6.45) is 0.512. The van der Waals surface area contributed by atoms with E-state index in [2.05, 4.69) is 15.3 Å². The summed E-state index contributed by atoms with van der Waals surface area (Å²) in [7, 11) is 6.90. The van der Waals surface area contributed by atoms with Crippen molar-refractivity contribution < 1.29 is 38.6 Å². The Kier molecular flexibility index (Phi) is 11.3. The number of carbonyl (C=O) groups excluding carboxylic acids is 2. The third kappa shape index (κ3) is 9.08. The number of hydrogen-bond acceptors (Lipinski definition) is 13. The second-order valence-electron chi connectivity index (χ2n) is 9.87. The van der Waals surface area contributed by atoms with Crippen LogP contribution in [0.1, 0.15) is 38.8 Å². The Hall–Kier alpha value is -5.82. The molecule has 0 saturated heterocycles. The number of aromatic carboxylic acids is 1. The fourth-order valence-electron chi connectivity index (χ4n) is 3.85. The van der Waals surface area contributed by atoms with E-state index in [9.17, 15) is 34.9 Å². The molecule has 0 saturated carbocycles. The quantitative estimate of drug-likeness (QED) is 0.150. The Labute approximate surface area is 257 Å². The largest absolute Gasteiger partial charge is 0.478 e. The Morgan fingerprint density at radius 1 is 1.09 bits per heavy atom. The van der Waals surface area contributed by atoms with Gasteiger partial charge in [0.25, 0.3) is 5.91 Å². The Morgan fingerprint density at radius 3 is 2.42 bits per heavy atom. The van der Waals surface area contributed by atoms with E-state index in [-0.39, 0.29) is 40.7 Å². The minimum Gasteiger partial charge on any atom is -0.478 e. The van der Waals surface area contributed by atoms with Crippen molar-refractivity contribution in [2.45, 2.75) is 13.3 Å². The summed E-state index contributed by atoms with van der Waals surface area (Å²) in [5.41, 5.74) is -0.129. The summed E-state index contributed by atoms with van der Waals surface area (Å²) in [5.74, 6) is -3.93. The van der Waals surface area contributed by atoms with Crippen LogP contribution < -0.4 is 14.8 Å². The SMILES string of the molecule is CCOC(=O)CNc1nc(Oc2cc(C#N)ccc2C(=O)O)nc(Oc2cc(CCN(C)C)cc(C(=O)N(C)C)c2)c1[N+](=O)[O-]. The molecule has 0 spiro atoms. The van der Waals surface area contributed by atoms with E-state index in [1.807, 2.05) is 25.1 Å². The number of anilines is 1. The summed E-state index contributed by atoms with van der Waals surface area (Å²) in [6, 6.07) is 9.46. The molecular formula is C29H31N7O9. The number of nitriles is 1. The number of ether oxygens (including phenoxy) is 3. The molecule has 1 heterocycles. The lowest BCUT2D eigenvalue weighted by Crippen LogP contribution is -2.22. The predicted molar refractivity (Wildman–Crippen MR) is 159 cm³/mol. The van der Waals surface area contributed by atoms with Crippen molar-refractivity contribution in [2.75, 3.05) is 53.2 Å². The highest BCUT2D eigenvalue weighted by Crippen LogP contribution is 2.38. The number of nitrogens with one attached hydrogen (secondary N) is 1. The monoisotopic (exact) mass is 621 g/mol. The second kappa shape index (κ2) is 15.1. The van der Waals surface area contributed by atoms with Crippen molar-refractivity contribution in [2.24, 2.45) is 0 Å². The maximum absolute atomic E-state index is 12.8. The molecule has 0 fully saturated rings. The van der Waals surface area contributed by atoms with Crippen LogP contribution in [0.5, 0.6) is 23.4 Å². The Bertz CT molecular complexity index is 1650. The van der Waals surface area contributed by atoms with Crippen LogP contribution in [0.4, 0.5) is 11.5 Å². The van der Waals surface area contributed by atoms with Gasteiger partial charge in [-0.15, -0.1) is 0 Å². The molecule has 2 N–H and O–H groups in total. The summed E-state index contributed by atoms with van der Waals surface area (Å²) < 4.78 is 16.4. The number of nitro groups is 1. The minimum absolute atomic E-state index is 0.0262. The maximum atomic E-state index is 12.8. The number of rotatable bonds is 14. The molecule has 1 amide bonds. The van der Waals surface area contributed by atoms with Crippen LogP contribution in [-0.4, -0.2) is 95.5 Å². The molecule has 0 aliphatic heterocycles. The van der Waals surface area contributed by atoms with Crippen LogP contribution in [0.15, 0.2) is 36.4 Å². The zero-order chi connectivity index (χ0) is 33.3. The molecule has 0 bridgehead atoms. The van der Waals surface area contributed by atoms with E-state index in [1.54, 1.807) is 33.2 Å². The van der Waals surface area contributed by atoms with E-state index in [0.29, 0.717) is 18.5 Å². The van der Waals surface area contributed by atoms with Gasteiger partial charge in [-0.1, -0.05) is 0 Å². The van der Waals surface area contributed by atoms with Crippen molar-refractivity contribution in [3.05, 3.63) is 68.8 Å². The van der Waals surface area contributed by atoms with Gasteiger partial charge in [0.2, 0.25) is 5.82 Å². The lowest BCUT2D eigenvalue weighted by Gasteiger charge is -2.16.